The molecule has 0 spiro atoms. The molecule has 2 aliphatic rings. The van der Waals surface area contributed by atoms with Crippen molar-refractivity contribution in [3.05, 3.63) is 59.2 Å². The lowest BCUT2D eigenvalue weighted by atomic mass is 10.1. The molecule has 0 unspecified atom stereocenters. The number of nitrogens with one attached hydrogen (secondary N) is 1. The molecule has 166 valence electrons. The van der Waals surface area contributed by atoms with Crippen molar-refractivity contribution in [3.8, 4) is 5.75 Å². The lowest BCUT2D eigenvalue weighted by molar-refractivity contribution is -0.127. The minimum Gasteiger partial charge on any atom is -0.476 e. The summed E-state index contributed by atoms with van der Waals surface area (Å²) in [6, 6.07) is 13.5. The Morgan fingerprint density at radius 3 is 2.61 bits per heavy atom. The molecular formula is C23H29N3O4S. The summed E-state index contributed by atoms with van der Waals surface area (Å²) < 4.78 is 31.7. The molecule has 0 aromatic heterocycles. The average molecular weight is 444 g/mol. The van der Waals surface area contributed by atoms with Crippen molar-refractivity contribution in [2.75, 3.05) is 30.2 Å². The summed E-state index contributed by atoms with van der Waals surface area (Å²) in [6.07, 6.45) is 2.74. The number of hydrogen-bond donors (Lipinski definition) is 1. The van der Waals surface area contributed by atoms with Gasteiger partial charge in [0.15, 0.2) is 6.10 Å². The van der Waals surface area contributed by atoms with Crippen LogP contribution in [0.1, 0.15) is 29.5 Å². The first kappa shape index (κ1) is 21.6. The van der Waals surface area contributed by atoms with Crippen LogP contribution in [0.25, 0.3) is 0 Å². The molecular weight excluding hydrogens is 414 g/mol. The van der Waals surface area contributed by atoms with Crippen LogP contribution < -0.4 is 14.4 Å². The molecule has 2 aromatic carbocycles. The Morgan fingerprint density at radius 1 is 1.13 bits per heavy atom. The van der Waals surface area contributed by atoms with E-state index in [0.29, 0.717) is 18.0 Å². The first-order chi connectivity index (χ1) is 14.8. The van der Waals surface area contributed by atoms with E-state index in [0.717, 1.165) is 37.0 Å². The first-order valence-corrected chi connectivity index (χ1v) is 12.5. The number of nitrogens with zero attached hydrogens (tertiary/aromatic N) is 2. The van der Waals surface area contributed by atoms with Crippen LogP contribution in [0.15, 0.2) is 42.5 Å². The summed E-state index contributed by atoms with van der Waals surface area (Å²) in [5.41, 5.74) is 3.64. The molecule has 2 aromatic rings. The van der Waals surface area contributed by atoms with Crippen molar-refractivity contribution >= 4 is 21.6 Å². The number of carbonyl (C=O) groups excluding carboxylic acids is 1. The summed E-state index contributed by atoms with van der Waals surface area (Å²) in [7, 11) is -3.53. The fraction of sp³-hybridized carbons (Fsp3) is 0.435. The summed E-state index contributed by atoms with van der Waals surface area (Å²) >= 11 is 0. The first-order valence-electron chi connectivity index (χ1n) is 10.6. The molecule has 0 saturated carbocycles. The lowest BCUT2D eigenvalue weighted by Crippen LogP contribution is -2.50. The smallest absolute Gasteiger partial charge is 0.263 e. The minimum atomic E-state index is -3.53. The number of ether oxygens (including phenoxy) is 1. The second kappa shape index (κ2) is 8.88. The molecule has 7 nitrogen and oxygen atoms in total. The Morgan fingerprint density at radius 2 is 1.87 bits per heavy atom. The molecule has 0 radical (unpaired) electrons. The van der Waals surface area contributed by atoms with Crippen molar-refractivity contribution in [2.45, 2.75) is 39.0 Å². The third kappa shape index (κ3) is 5.19. The molecule has 0 aliphatic carbocycles. The zero-order valence-corrected chi connectivity index (χ0v) is 18.8. The monoisotopic (exact) mass is 443 g/mol. The van der Waals surface area contributed by atoms with Gasteiger partial charge in [-0.15, -0.1) is 0 Å². The zero-order chi connectivity index (χ0) is 22.0. The number of amides is 1. The third-order valence-corrected chi connectivity index (χ3v) is 6.89. The van der Waals surface area contributed by atoms with Crippen LogP contribution in [0.4, 0.5) is 5.69 Å². The quantitative estimate of drug-likeness (QED) is 0.742. The van der Waals surface area contributed by atoms with Crippen LogP contribution in [-0.4, -0.2) is 51.2 Å². The number of carbonyl (C=O) groups is 1. The second-order valence-electron chi connectivity index (χ2n) is 8.39. The predicted molar refractivity (Wildman–Crippen MR) is 121 cm³/mol. The molecule has 8 heteroatoms. The summed E-state index contributed by atoms with van der Waals surface area (Å²) in [5.74, 6) is 0.0789. The summed E-state index contributed by atoms with van der Waals surface area (Å²) in [6.45, 7) is 5.41. The van der Waals surface area contributed by atoms with Gasteiger partial charge in [-0.25, -0.2) is 8.42 Å². The molecule has 1 fully saturated rings. The predicted octanol–water partition coefficient (Wildman–Crippen LogP) is 2.43. The van der Waals surface area contributed by atoms with Crippen LogP contribution >= 0.6 is 0 Å². The van der Waals surface area contributed by atoms with Crippen LogP contribution in [0.2, 0.25) is 0 Å². The van der Waals surface area contributed by atoms with Gasteiger partial charge < -0.3 is 10.1 Å². The number of benzene rings is 2. The van der Waals surface area contributed by atoms with Crippen molar-refractivity contribution in [1.82, 2.24) is 10.2 Å². The Balaban J connectivity index is 1.43. The molecule has 2 aliphatic heterocycles. The van der Waals surface area contributed by atoms with E-state index >= 15 is 0 Å². The van der Waals surface area contributed by atoms with Gasteiger partial charge in [0.2, 0.25) is 10.0 Å². The number of rotatable bonds is 6. The largest absolute Gasteiger partial charge is 0.476 e. The van der Waals surface area contributed by atoms with Crippen molar-refractivity contribution in [2.24, 2.45) is 0 Å². The van der Waals surface area contributed by atoms with Crippen LogP contribution in [0.5, 0.6) is 5.75 Å². The summed E-state index contributed by atoms with van der Waals surface area (Å²) in [5, 5.41) is 2.91. The van der Waals surface area contributed by atoms with Crippen LogP contribution in [0.3, 0.4) is 0 Å². The molecule has 1 amide bonds. The van der Waals surface area contributed by atoms with Gasteiger partial charge in [0.05, 0.1) is 18.5 Å². The maximum atomic E-state index is 12.8. The standard InChI is InChI=1S/C23H29N3O4S/c1-17-8-9-20-21(12-17)30-22(16-26(20)31(2,28)29)23(27)24-14-18-6-5-7-19(13-18)15-25-10-3-4-11-25/h5-9,12-13,22H,3-4,10-11,14-16H2,1-2H3,(H,24,27)/t22-/m0/s1. The van der Waals surface area contributed by atoms with Gasteiger partial charge in [0, 0.05) is 13.1 Å². The number of anilines is 1. The van der Waals surface area contributed by atoms with Gasteiger partial charge in [-0.1, -0.05) is 30.3 Å². The molecule has 31 heavy (non-hydrogen) atoms. The number of aryl methyl sites for hydroxylation is 1. The molecule has 0 bridgehead atoms. The zero-order valence-electron chi connectivity index (χ0n) is 18.0. The maximum absolute atomic E-state index is 12.8. The number of hydrogen-bond acceptors (Lipinski definition) is 5. The fourth-order valence-corrected chi connectivity index (χ4v) is 5.07. The second-order valence-corrected chi connectivity index (χ2v) is 10.3. The Kier molecular flexibility index (Phi) is 6.20. The number of fused-ring (bicyclic) bond motifs is 1. The topological polar surface area (TPSA) is 79.0 Å². The van der Waals surface area contributed by atoms with Crippen molar-refractivity contribution < 1.29 is 17.9 Å². The Hall–Kier alpha value is -2.58. The minimum absolute atomic E-state index is 0.0459. The molecule has 1 atom stereocenters. The highest BCUT2D eigenvalue weighted by Gasteiger charge is 2.35. The van der Waals surface area contributed by atoms with E-state index in [-0.39, 0.29) is 12.5 Å². The van der Waals surface area contributed by atoms with Crippen molar-refractivity contribution in [3.63, 3.8) is 0 Å². The van der Waals surface area contributed by atoms with Gasteiger partial charge in [-0.3, -0.25) is 14.0 Å². The van der Waals surface area contributed by atoms with Gasteiger partial charge in [0.1, 0.15) is 5.75 Å². The highest BCUT2D eigenvalue weighted by atomic mass is 32.2. The van der Waals surface area contributed by atoms with E-state index in [1.165, 1.54) is 22.7 Å². The van der Waals surface area contributed by atoms with Crippen molar-refractivity contribution in [1.29, 1.82) is 0 Å². The van der Waals surface area contributed by atoms with Crippen LogP contribution in [-0.2, 0) is 27.9 Å². The molecule has 2 heterocycles. The molecule has 4 rings (SSSR count). The van der Waals surface area contributed by atoms with E-state index in [2.05, 4.69) is 22.3 Å². The van der Waals surface area contributed by atoms with E-state index in [1.807, 2.05) is 25.1 Å². The molecule has 1 saturated heterocycles. The maximum Gasteiger partial charge on any atom is 0.263 e. The number of likely N-dealkylation sites (tertiary alicyclic amines) is 1. The van der Waals surface area contributed by atoms with Gasteiger partial charge in [0.25, 0.3) is 5.91 Å². The Bertz CT molecular complexity index is 1060. The SMILES string of the molecule is Cc1ccc2c(c1)O[C@H](C(=O)NCc1cccc(CN3CCCC3)c1)CN2S(C)(=O)=O. The van der Waals surface area contributed by atoms with Gasteiger partial charge in [-0.2, -0.15) is 0 Å². The highest BCUT2D eigenvalue weighted by Crippen LogP contribution is 2.35. The summed E-state index contributed by atoms with van der Waals surface area (Å²) in [4.78, 5) is 15.3. The van der Waals surface area contributed by atoms with Gasteiger partial charge in [-0.05, 0) is 61.7 Å². The van der Waals surface area contributed by atoms with E-state index < -0.39 is 16.1 Å². The Labute approximate surface area is 184 Å². The lowest BCUT2D eigenvalue weighted by Gasteiger charge is -2.34. The normalized spacial score (nSPS) is 19.0. The average Bonchev–Trinajstić information content (AvgIpc) is 3.23. The van der Waals surface area contributed by atoms with E-state index in [1.54, 1.807) is 12.1 Å². The van der Waals surface area contributed by atoms with E-state index in [9.17, 15) is 13.2 Å². The highest BCUT2D eigenvalue weighted by molar-refractivity contribution is 7.92. The van der Waals surface area contributed by atoms with Gasteiger partial charge >= 0.3 is 0 Å². The number of sulfonamides is 1. The molecule has 1 N–H and O–H groups in total. The van der Waals surface area contributed by atoms with Crippen LogP contribution in [0, 0.1) is 6.92 Å². The van der Waals surface area contributed by atoms with E-state index in [4.69, 9.17) is 4.74 Å². The fourth-order valence-electron chi connectivity index (χ4n) is 4.15. The third-order valence-electron chi connectivity index (χ3n) is 5.74.